The molecule has 1 nitrogen and oxygen atoms in total. The van der Waals surface area contributed by atoms with Gasteiger partial charge in [-0.3, -0.25) is 4.90 Å². The van der Waals surface area contributed by atoms with E-state index in [2.05, 4.69) is 50.8 Å². The van der Waals surface area contributed by atoms with Crippen LogP contribution >= 0.6 is 11.6 Å². The van der Waals surface area contributed by atoms with Gasteiger partial charge in [0.1, 0.15) is 0 Å². The van der Waals surface area contributed by atoms with E-state index in [9.17, 15) is 0 Å². The van der Waals surface area contributed by atoms with Gasteiger partial charge >= 0.3 is 0 Å². The van der Waals surface area contributed by atoms with E-state index in [1.165, 1.54) is 33.4 Å². The molecule has 0 spiro atoms. The van der Waals surface area contributed by atoms with Crippen molar-refractivity contribution in [2.24, 2.45) is 0 Å². The van der Waals surface area contributed by atoms with E-state index >= 15 is 0 Å². The highest BCUT2D eigenvalue weighted by Gasteiger charge is 2.34. The Kier molecular flexibility index (Phi) is 4.47. The Morgan fingerprint density at radius 1 is 1.32 bits per heavy atom. The largest absolute Gasteiger partial charge is 0.287 e. The fourth-order valence-corrected chi connectivity index (χ4v) is 3.95. The molecule has 0 bridgehead atoms. The maximum absolute atomic E-state index is 5.95. The van der Waals surface area contributed by atoms with Crippen LogP contribution in [0.5, 0.6) is 0 Å². The van der Waals surface area contributed by atoms with E-state index in [4.69, 9.17) is 11.6 Å². The van der Waals surface area contributed by atoms with Gasteiger partial charge in [-0.1, -0.05) is 36.3 Å². The lowest BCUT2D eigenvalue weighted by Crippen LogP contribution is -2.29. The monoisotopic (exact) mass is 315 g/mol. The minimum absolute atomic E-state index is 0.578. The summed E-state index contributed by atoms with van der Waals surface area (Å²) in [6.45, 7) is 11.1. The standard InChI is InChI=1S/C20H26ClN/c1-5-16-9-19-18(7-14(16)3)12-22-11-17(6-13(2)10-21)15(4)8-20(19)22/h6-7,9,20H,5,8,10-12H2,1-4H3/b13-6+. The second-order valence-corrected chi connectivity index (χ2v) is 7.15. The second kappa shape index (κ2) is 6.22. The molecule has 0 fully saturated rings. The first-order chi connectivity index (χ1) is 10.5. The Hall–Kier alpha value is -1.05. The van der Waals surface area contributed by atoms with Crippen molar-refractivity contribution in [3.8, 4) is 0 Å². The Morgan fingerprint density at radius 3 is 2.77 bits per heavy atom. The summed E-state index contributed by atoms with van der Waals surface area (Å²) in [7, 11) is 0. The zero-order valence-corrected chi connectivity index (χ0v) is 14.9. The number of hydrogen-bond donors (Lipinski definition) is 0. The fourth-order valence-electron chi connectivity index (χ4n) is 3.87. The smallest absolute Gasteiger partial charge is 0.0434 e. The van der Waals surface area contributed by atoms with Crippen molar-refractivity contribution in [1.29, 1.82) is 0 Å². The van der Waals surface area contributed by atoms with Crippen molar-refractivity contribution in [2.45, 2.75) is 53.1 Å². The minimum Gasteiger partial charge on any atom is -0.287 e. The molecule has 1 atom stereocenters. The molecular formula is C20H26ClN. The van der Waals surface area contributed by atoms with Crippen LogP contribution in [0.15, 0.2) is 34.9 Å². The predicted molar refractivity (Wildman–Crippen MR) is 95.5 cm³/mol. The van der Waals surface area contributed by atoms with Crippen molar-refractivity contribution < 1.29 is 0 Å². The summed E-state index contributed by atoms with van der Waals surface area (Å²) in [6, 6.07) is 5.46. The van der Waals surface area contributed by atoms with E-state index in [1.54, 1.807) is 5.56 Å². The first-order valence-corrected chi connectivity index (χ1v) is 8.85. The number of halogens is 1. The molecule has 22 heavy (non-hydrogen) atoms. The van der Waals surface area contributed by atoms with Gasteiger partial charge in [0, 0.05) is 25.0 Å². The molecule has 0 aromatic heterocycles. The number of nitrogens with zero attached hydrogens (tertiary/aromatic N) is 1. The Labute approximate surface area is 139 Å². The first-order valence-electron chi connectivity index (χ1n) is 8.31. The van der Waals surface area contributed by atoms with Gasteiger partial charge in [-0.25, -0.2) is 0 Å². The number of rotatable bonds is 3. The minimum atomic E-state index is 0.578. The molecule has 0 saturated carbocycles. The number of alkyl halides is 1. The lowest BCUT2D eigenvalue weighted by Gasteiger charge is -2.32. The van der Waals surface area contributed by atoms with E-state index in [0.29, 0.717) is 11.9 Å². The third kappa shape index (κ3) is 2.77. The normalized spacial score (nSPS) is 22.0. The van der Waals surface area contributed by atoms with Gasteiger partial charge in [-0.15, -0.1) is 11.6 Å². The third-order valence-electron chi connectivity index (χ3n) is 5.20. The van der Waals surface area contributed by atoms with Crippen molar-refractivity contribution in [3.05, 3.63) is 57.2 Å². The van der Waals surface area contributed by atoms with E-state index < -0.39 is 0 Å². The maximum Gasteiger partial charge on any atom is 0.0434 e. The van der Waals surface area contributed by atoms with Gasteiger partial charge in [0.2, 0.25) is 0 Å². The average molecular weight is 316 g/mol. The number of allylic oxidation sites excluding steroid dienone is 1. The highest BCUT2D eigenvalue weighted by molar-refractivity contribution is 6.19. The van der Waals surface area contributed by atoms with Crippen LogP contribution in [-0.4, -0.2) is 17.3 Å². The fraction of sp³-hybridized carbons (Fsp3) is 0.500. The molecule has 118 valence electrons. The van der Waals surface area contributed by atoms with Gasteiger partial charge in [-0.2, -0.15) is 0 Å². The summed E-state index contributed by atoms with van der Waals surface area (Å²) in [4.78, 5) is 2.63. The molecule has 1 aromatic carbocycles. The van der Waals surface area contributed by atoms with Crippen molar-refractivity contribution in [2.75, 3.05) is 12.4 Å². The summed E-state index contributed by atoms with van der Waals surface area (Å²) in [5, 5.41) is 0. The SMILES string of the molecule is CCc1cc2c(cc1C)CN1CC(/C=C(\C)CCl)=C(C)CC21. The molecule has 0 amide bonds. The zero-order valence-electron chi connectivity index (χ0n) is 14.2. The van der Waals surface area contributed by atoms with Gasteiger partial charge in [0.15, 0.2) is 0 Å². The predicted octanol–water partition coefficient (Wildman–Crippen LogP) is 5.32. The summed E-state index contributed by atoms with van der Waals surface area (Å²) in [5.74, 6) is 0.624. The van der Waals surface area contributed by atoms with E-state index in [-0.39, 0.29) is 0 Å². The molecule has 0 N–H and O–H groups in total. The van der Waals surface area contributed by atoms with Crippen molar-refractivity contribution >= 4 is 11.6 Å². The van der Waals surface area contributed by atoms with Crippen LogP contribution in [0.25, 0.3) is 0 Å². The van der Waals surface area contributed by atoms with Crippen molar-refractivity contribution in [3.63, 3.8) is 0 Å². The Balaban J connectivity index is 1.92. The molecule has 0 aliphatic carbocycles. The molecule has 3 rings (SSSR count). The molecule has 0 radical (unpaired) electrons. The van der Waals surface area contributed by atoms with Crippen LogP contribution in [0.2, 0.25) is 0 Å². The van der Waals surface area contributed by atoms with Gasteiger partial charge in [0.25, 0.3) is 0 Å². The van der Waals surface area contributed by atoms with Gasteiger partial charge in [0.05, 0.1) is 0 Å². The van der Waals surface area contributed by atoms with Crippen LogP contribution in [-0.2, 0) is 13.0 Å². The molecular weight excluding hydrogens is 290 g/mol. The topological polar surface area (TPSA) is 3.24 Å². The highest BCUT2D eigenvalue weighted by atomic mass is 35.5. The maximum atomic E-state index is 5.95. The molecule has 2 aliphatic heterocycles. The zero-order chi connectivity index (χ0) is 15.9. The number of hydrogen-bond acceptors (Lipinski definition) is 1. The molecule has 2 aliphatic rings. The van der Waals surface area contributed by atoms with E-state index in [0.717, 1.165) is 25.9 Å². The highest BCUT2D eigenvalue weighted by Crippen LogP contribution is 2.43. The van der Waals surface area contributed by atoms with Crippen molar-refractivity contribution in [1.82, 2.24) is 4.90 Å². The first kappa shape index (κ1) is 15.8. The van der Waals surface area contributed by atoms with E-state index in [1.807, 2.05) is 0 Å². The quantitative estimate of drug-likeness (QED) is 0.682. The van der Waals surface area contributed by atoms with Crippen LogP contribution in [0.3, 0.4) is 0 Å². The van der Waals surface area contributed by atoms with Crippen LogP contribution in [0.4, 0.5) is 0 Å². The summed E-state index contributed by atoms with van der Waals surface area (Å²) in [6.07, 6.45) is 4.58. The summed E-state index contributed by atoms with van der Waals surface area (Å²) in [5.41, 5.74) is 10.3. The average Bonchev–Trinajstić information content (AvgIpc) is 2.82. The summed E-state index contributed by atoms with van der Waals surface area (Å²) >= 11 is 5.95. The number of benzene rings is 1. The lowest BCUT2D eigenvalue weighted by molar-refractivity contribution is 0.220. The Morgan fingerprint density at radius 2 is 2.09 bits per heavy atom. The van der Waals surface area contributed by atoms with Crippen LogP contribution in [0.1, 0.15) is 55.5 Å². The Bertz CT molecular complexity index is 654. The van der Waals surface area contributed by atoms with Gasteiger partial charge < -0.3 is 0 Å². The number of aryl methyl sites for hydroxylation is 2. The number of fused-ring (bicyclic) bond motifs is 3. The molecule has 0 saturated heterocycles. The van der Waals surface area contributed by atoms with Gasteiger partial charge in [-0.05, 0) is 61.4 Å². The second-order valence-electron chi connectivity index (χ2n) is 6.89. The van der Waals surface area contributed by atoms with Crippen LogP contribution in [0, 0.1) is 6.92 Å². The third-order valence-corrected chi connectivity index (χ3v) is 5.63. The molecule has 2 heterocycles. The molecule has 1 unspecified atom stereocenters. The molecule has 2 heteroatoms. The van der Waals surface area contributed by atoms with Crippen LogP contribution < -0.4 is 0 Å². The summed E-state index contributed by atoms with van der Waals surface area (Å²) < 4.78 is 0. The lowest BCUT2D eigenvalue weighted by atomic mass is 9.90. The molecule has 1 aromatic rings.